The first-order chi connectivity index (χ1) is 12.0. The minimum absolute atomic E-state index is 0.0487. The van der Waals surface area contributed by atoms with Gasteiger partial charge in [0.05, 0.1) is 11.0 Å². The molecule has 0 atom stereocenters. The normalized spacial score (nSPS) is 11.6. The standard InChI is InChI=1S/C19H18Cl2O4/c1-2-16(18(19(22)23)13-6-4-3-5-7-13)24-10-11-25-17-9-8-14(20)12-15(17)21/h3-9,12H,2,10-11H2,1H3,(H,22,23)/p-1. The molecule has 2 rings (SSSR count). The molecule has 0 bridgehead atoms. The van der Waals surface area contributed by atoms with Crippen molar-refractivity contribution in [3.8, 4) is 5.75 Å². The van der Waals surface area contributed by atoms with Crippen molar-refractivity contribution in [1.82, 2.24) is 0 Å². The molecule has 0 heterocycles. The smallest absolute Gasteiger partial charge is 0.138 e. The summed E-state index contributed by atoms with van der Waals surface area (Å²) in [7, 11) is 0. The number of rotatable bonds is 8. The molecule has 132 valence electrons. The van der Waals surface area contributed by atoms with Crippen molar-refractivity contribution in [2.45, 2.75) is 13.3 Å². The summed E-state index contributed by atoms with van der Waals surface area (Å²) in [5.74, 6) is -0.443. The fourth-order valence-corrected chi connectivity index (χ4v) is 2.72. The molecular weight excluding hydrogens is 363 g/mol. The Labute approximate surface area is 156 Å². The van der Waals surface area contributed by atoms with Gasteiger partial charge in [-0.15, -0.1) is 0 Å². The molecule has 0 aliphatic carbocycles. The third-order valence-electron chi connectivity index (χ3n) is 3.38. The van der Waals surface area contributed by atoms with Gasteiger partial charge in [-0.1, -0.05) is 60.5 Å². The maximum Gasteiger partial charge on any atom is 0.138 e. The van der Waals surface area contributed by atoms with Gasteiger partial charge in [-0.3, -0.25) is 0 Å². The number of carboxylic acid groups (broad SMARTS) is 1. The Bertz CT molecular complexity index is 757. The van der Waals surface area contributed by atoms with Crippen LogP contribution >= 0.6 is 23.2 Å². The van der Waals surface area contributed by atoms with Crippen LogP contribution in [0.2, 0.25) is 10.0 Å². The maximum absolute atomic E-state index is 11.5. The lowest BCUT2D eigenvalue weighted by Gasteiger charge is -2.17. The fraction of sp³-hybridized carbons (Fsp3) is 0.211. The average Bonchev–Trinajstić information content (AvgIpc) is 2.59. The van der Waals surface area contributed by atoms with Crippen LogP contribution in [0.1, 0.15) is 18.9 Å². The van der Waals surface area contributed by atoms with E-state index in [0.717, 1.165) is 0 Å². The van der Waals surface area contributed by atoms with Crippen LogP contribution < -0.4 is 9.84 Å². The lowest BCUT2D eigenvalue weighted by molar-refractivity contribution is -0.295. The number of ether oxygens (including phenoxy) is 2. The number of carboxylic acids is 1. The van der Waals surface area contributed by atoms with Gasteiger partial charge in [-0.05, 0) is 23.8 Å². The summed E-state index contributed by atoms with van der Waals surface area (Å²) >= 11 is 11.9. The van der Waals surface area contributed by atoms with Crippen molar-refractivity contribution in [1.29, 1.82) is 0 Å². The maximum atomic E-state index is 11.5. The van der Waals surface area contributed by atoms with E-state index in [1.165, 1.54) is 0 Å². The SMILES string of the molecule is CCC(OCCOc1ccc(Cl)cc1Cl)=C(C(=O)[O-])c1ccccc1. The average molecular weight is 380 g/mol. The van der Waals surface area contributed by atoms with Crippen LogP contribution in [-0.4, -0.2) is 19.2 Å². The molecule has 0 amide bonds. The minimum atomic E-state index is -1.27. The second-order valence-corrected chi connectivity index (χ2v) is 5.92. The van der Waals surface area contributed by atoms with Gasteiger partial charge in [0, 0.05) is 17.0 Å². The highest BCUT2D eigenvalue weighted by atomic mass is 35.5. The van der Waals surface area contributed by atoms with Gasteiger partial charge in [-0.2, -0.15) is 0 Å². The van der Waals surface area contributed by atoms with Crippen molar-refractivity contribution in [3.05, 3.63) is 69.9 Å². The van der Waals surface area contributed by atoms with Crippen LogP contribution in [0.15, 0.2) is 54.3 Å². The first kappa shape index (κ1) is 19.2. The van der Waals surface area contributed by atoms with Crippen LogP contribution in [-0.2, 0) is 9.53 Å². The van der Waals surface area contributed by atoms with Gasteiger partial charge in [0.2, 0.25) is 0 Å². The van der Waals surface area contributed by atoms with Gasteiger partial charge in [0.1, 0.15) is 24.7 Å². The topological polar surface area (TPSA) is 58.6 Å². The molecule has 0 fully saturated rings. The highest BCUT2D eigenvalue weighted by Gasteiger charge is 2.11. The minimum Gasteiger partial charge on any atom is -0.545 e. The molecule has 0 aliphatic rings. The van der Waals surface area contributed by atoms with E-state index < -0.39 is 5.97 Å². The quantitative estimate of drug-likeness (QED) is 0.395. The summed E-state index contributed by atoms with van der Waals surface area (Å²) in [4.78, 5) is 11.5. The third-order valence-corrected chi connectivity index (χ3v) is 3.91. The summed E-state index contributed by atoms with van der Waals surface area (Å²) in [5.41, 5.74) is 0.591. The predicted octanol–water partition coefficient (Wildman–Crippen LogP) is 3.96. The Balaban J connectivity index is 2.04. The van der Waals surface area contributed by atoms with Gasteiger partial charge in [0.15, 0.2) is 0 Å². The summed E-state index contributed by atoms with van der Waals surface area (Å²) < 4.78 is 11.2. The van der Waals surface area contributed by atoms with E-state index in [1.807, 2.05) is 13.0 Å². The van der Waals surface area contributed by atoms with Crippen molar-refractivity contribution in [3.63, 3.8) is 0 Å². The van der Waals surface area contributed by atoms with E-state index in [-0.39, 0.29) is 18.8 Å². The zero-order valence-corrected chi connectivity index (χ0v) is 15.1. The monoisotopic (exact) mass is 379 g/mol. The van der Waals surface area contributed by atoms with Crippen LogP contribution in [0.25, 0.3) is 5.57 Å². The first-order valence-corrected chi connectivity index (χ1v) is 8.49. The number of carbonyl (C=O) groups is 1. The van der Waals surface area contributed by atoms with E-state index in [2.05, 4.69) is 0 Å². The number of benzene rings is 2. The number of carbonyl (C=O) groups excluding carboxylic acids is 1. The van der Waals surface area contributed by atoms with Gasteiger partial charge >= 0.3 is 0 Å². The summed E-state index contributed by atoms with van der Waals surface area (Å²) in [5, 5.41) is 12.4. The molecule has 0 saturated carbocycles. The molecule has 4 nitrogen and oxygen atoms in total. The first-order valence-electron chi connectivity index (χ1n) is 7.73. The zero-order chi connectivity index (χ0) is 18.2. The molecule has 0 radical (unpaired) electrons. The molecule has 2 aromatic carbocycles. The van der Waals surface area contributed by atoms with Crippen LogP contribution in [0, 0.1) is 0 Å². The molecule has 6 heteroatoms. The van der Waals surface area contributed by atoms with E-state index in [0.29, 0.717) is 33.5 Å². The van der Waals surface area contributed by atoms with Crippen LogP contribution in [0.3, 0.4) is 0 Å². The van der Waals surface area contributed by atoms with Gasteiger partial charge < -0.3 is 19.4 Å². The highest BCUT2D eigenvalue weighted by Crippen LogP contribution is 2.27. The van der Waals surface area contributed by atoms with Crippen molar-refractivity contribution >= 4 is 34.7 Å². The van der Waals surface area contributed by atoms with E-state index in [4.69, 9.17) is 32.7 Å². The summed E-state index contributed by atoms with van der Waals surface area (Å²) in [6.45, 7) is 2.20. The molecular formula is C19H17Cl2O4-. The second-order valence-electron chi connectivity index (χ2n) is 5.08. The largest absolute Gasteiger partial charge is 0.545 e. The van der Waals surface area contributed by atoms with Crippen LogP contribution in [0.5, 0.6) is 5.75 Å². The molecule has 0 aromatic heterocycles. The van der Waals surface area contributed by atoms with Crippen LogP contribution in [0.4, 0.5) is 0 Å². The lowest BCUT2D eigenvalue weighted by Crippen LogP contribution is -2.25. The Morgan fingerprint density at radius 3 is 2.40 bits per heavy atom. The Morgan fingerprint density at radius 2 is 1.80 bits per heavy atom. The van der Waals surface area contributed by atoms with E-state index >= 15 is 0 Å². The molecule has 25 heavy (non-hydrogen) atoms. The number of allylic oxidation sites excluding steroid dienone is 1. The Kier molecular flexibility index (Phi) is 7.16. The molecule has 0 saturated heterocycles. The molecule has 0 spiro atoms. The van der Waals surface area contributed by atoms with Gasteiger partial charge in [0.25, 0.3) is 0 Å². The molecule has 0 N–H and O–H groups in total. The summed E-state index contributed by atoms with van der Waals surface area (Å²) in [6.07, 6.45) is 0.417. The number of hydrogen-bond acceptors (Lipinski definition) is 4. The van der Waals surface area contributed by atoms with E-state index in [1.54, 1.807) is 42.5 Å². The number of hydrogen-bond donors (Lipinski definition) is 0. The number of halogens is 2. The highest BCUT2D eigenvalue weighted by molar-refractivity contribution is 6.35. The third kappa shape index (κ3) is 5.41. The van der Waals surface area contributed by atoms with Crippen molar-refractivity contribution in [2.75, 3.05) is 13.2 Å². The molecule has 2 aromatic rings. The van der Waals surface area contributed by atoms with Crippen molar-refractivity contribution < 1.29 is 19.4 Å². The molecule has 0 unspecified atom stereocenters. The fourth-order valence-electron chi connectivity index (χ4n) is 2.26. The lowest BCUT2D eigenvalue weighted by atomic mass is 10.0. The van der Waals surface area contributed by atoms with Crippen molar-refractivity contribution in [2.24, 2.45) is 0 Å². The van der Waals surface area contributed by atoms with E-state index in [9.17, 15) is 9.90 Å². The Morgan fingerprint density at radius 1 is 1.08 bits per heavy atom. The Hall–Kier alpha value is -2.17. The zero-order valence-electron chi connectivity index (χ0n) is 13.6. The number of aliphatic carboxylic acids is 1. The predicted molar refractivity (Wildman–Crippen MR) is 96.6 cm³/mol. The summed E-state index contributed by atoms with van der Waals surface area (Å²) in [6, 6.07) is 13.7. The van der Waals surface area contributed by atoms with Gasteiger partial charge in [-0.25, -0.2) is 0 Å². The second kappa shape index (κ2) is 9.35. The molecule has 0 aliphatic heterocycles.